The molecule has 6 nitrogen and oxygen atoms in total. The monoisotopic (exact) mass is 326 g/mol. The van der Waals surface area contributed by atoms with Gasteiger partial charge >= 0.3 is 0 Å². The maximum absolute atomic E-state index is 11.4. The number of rotatable bonds is 5. The van der Waals surface area contributed by atoms with E-state index in [4.69, 9.17) is 16.3 Å². The molecule has 0 saturated heterocycles. The first-order valence-electron chi connectivity index (χ1n) is 5.77. The molecule has 0 fully saturated rings. The van der Waals surface area contributed by atoms with E-state index in [1.54, 1.807) is 0 Å². The van der Waals surface area contributed by atoms with Crippen molar-refractivity contribution in [2.24, 2.45) is 0 Å². The van der Waals surface area contributed by atoms with Gasteiger partial charge in [0.05, 0.1) is 15.5 Å². The number of nitrogens with zero attached hydrogens (tertiary/aromatic N) is 2. The van der Waals surface area contributed by atoms with Crippen molar-refractivity contribution >= 4 is 27.7 Å². The summed E-state index contributed by atoms with van der Waals surface area (Å²) in [5.41, 5.74) is 0.765. The van der Waals surface area contributed by atoms with Crippen molar-refractivity contribution in [2.75, 3.05) is 6.26 Å². The summed E-state index contributed by atoms with van der Waals surface area (Å²) in [4.78, 5) is 18.8. The Morgan fingerprint density at radius 3 is 2.71 bits per heavy atom. The molecule has 0 atom stereocenters. The minimum Gasteiger partial charge on any atom is -0.472 e. The van der Waals surface area contributed by atoms with Crippen molar-refractivity contribution in [3.05, 3.63) is 46.9 Å². The average molecular weight is 327 g/mol. The van der Waals surface area contributed by atoms with Crippen LogP contribution in [0.25, 0.3) is 0 Å². The fourth-order valence-electron chi connectivity index (χ4n) is 1.54. The van der Waals surface area contributed by atoms with Gasteiger partial charge in [-0.05, 0) is 12.1 Å². The zero-order chi connectivity index (χ0) is 15.5. The summed E-state index contributed by atoms with van der Waals surface area (Å²) < 4.78 is 28.3. The molecule has 2 aromatic rings. The van der Waals surface area contributed by atoms with Crippen LogP contribution in [0.1, 0.15) is 15.9 Å². The van der Waals surface area contributed by atoms with Gasteiger partial charge in [-0.15, -0.1) is 0 Å². The standard InChI is InChI=1S/C13H11ClN2O4S/c1-21(18,19)12-2-9(4-15-6-12)8-20-13-10(7-17)3-11(14)5-16-13/h2-7H,8H2,1H3. The number of aldehydes is 1. The number of pyridine rings is 2. The van der Waals surface area contributed by atoms with Crippen LogP contribution in [0.15, 0.2) is 35.6 Å². The topological polar surface area (TPSA) is 86.2 Å². The largest absolute Gasteiger partial charge is 0.472 e. The van der Waals surface area contributed by atoms with E-state index in [9.17, 15) is 13.2 Å². The Bertz CT molecular complexity index is 777. The van der Waals surface area contributed by atoms with Gasteiger partial charge in [0.2, 0.25) is 5.88 Å². The van der Waals surface area contributed by atoms with Crippen molar-refractivity contribution in [1.82, 2.24) is 9.97 Å². The molecule has 0 bridgehead atoms. The number of halogens is 1. The normalized spacial score (nSPS) is 11.1. The minimum atomic E-state index is -3.33. The third-order valence-electron chi connectivity index (χ3n) is 2.55. The van der Waals surface area contributed by atoms with E-state index in [0.29, 0.717) is 16.9 Å². The molecule has 0 spiro atoms. The smallest absolute Gasteiger partial charge is 0.224 e. The van der Waals surface area contributed by atoms with Crippen LogP contribution in [0.3, 0.4) is 0 Å². The predicted octanol–water partition coefficient (Wildman–Crippen LogP) is 1.93. The van der Waals surface area contributed by atoms with Gasteiger partial charge in [-0.3, -0.25) is 9.78 Å². The second kappa shape index (κ2) is 6.19. The number of hydrogen-bond donors (Lipinski definition) is 0. The lowest BCUT2D eigenvalue weighted by Crippen LogP contribution is -2.03. The maximum Gasteiger partial charge on any atom is 0.224 e. The molecule has 0 aliphatic heterocycles. The Morgan fingerprint density at radius 1 is 1.29 bits per heavy atom. The van der Waals surface area contributed by atoms with Crippen LogP contribution in [0.2, 0.25) is 5.02 Å². The van der Waals surface area contributed by atoms with Crippen LogP contribution in [-0.2, 0) is 16.4 Å². The summed E-state index contributed by atoms with van der Waals surface area (Å²) in [5, 5.41) is 0.324. The molecule has 2 aromatic heterocycles. The first-order chi connectivity index (χ1) is 9.90. The van der Waals surface area contributed by atoms with Gasteiger partial charge in [0.25, 0.3) is 0 Å². The highest BCUT2D eigenvalue weighted by Gasteiger charge is 2.10. The number of carbonyl (C=O) groups excluding carboxylic acids is 1. The Kier molecular flexibility index (Phi) is 4.54. The molecule has 0 amide bonds. The summed E-state index contributed by atoms with van der Waals surface area (Å²) in [7, 11) is -3.33. The summed E-state index contributed by atoms with van der Waals surface area (Å²) in [6.45, 7) is 0.0336. The summed E-state index contributed by atoms with van der Waals surface area (Å²) in [5.74, 6) is 0.124. The third-order valence-corrected chi connectivity index (χ3v) is 3.83. The van der Waals surface area contributed by atoms with E-state index in [1.165, 1.54) is 30.7 Å². The summed E-state index contributed by atoms with van der Waals surface area (Å²) in [6.07, 6.45) is 5.77. The number of aromatic nitrogens is 2. The van der Waals surface area contributed by atoms with Gasteiger partial charge < -0.3 is 4.74 Å². The second-order valence-electron chi connectivity index (χ2n) is 4.26. The fraction of sp³-hybridized carbons (Fsp3) is 0.154. The van der Waals surface area contributed by atoms with E-state index in [0.717, 1.165) is 6.26 Å². The van der Waals surface area contributed by atoms with Crippen LogP contribution in [0.5, 0.6) is 5.88 Å². The quantitative estimate of drug-likeness (QED) is 0.780. The molecular formula is C13H11ClN2O4S. The first kappa shape index (κ1) is 15.4. The highest BCUT2D eigenvalue weighted by atomic mass is 35.5. The van der Waals surface area contributed by atoms with Crippen LogP contribution >= 0.6 is 11.6 Å². The van der Waals surface area contributed by atoms with Crippen molar-refractivity contribution < 1.29 is 17.9 Å². The maximum atomic E-state index is 11.4. The lowest BCUT2D eigenvalue weighted by molar-refractivity contribution is 0.111. The lowest BCUT2D eigenvalue weighted by atomic mass is 10.3. The molecular weight excluding hydrogens is 316 g/mol. The number of hydrogen-bond acceptors (Lipinski definition) is 6. The van der Waals surface area contributed by atoms with E-state index in [1.807, 2.05) is 0 Å². The SMILES string of the molecule is CS(=O)(=O)c1cncc(COc2ncc(Cl)cc2C=O)c1. The molecule has 2 rings (SSSR count). The zero-order valence-electron chi connectivity index (χ0n) is 11.0. The van der Waals surface area contributed by atoms with Crippen molar-refractivity contribution in [2.45, 2.75) is 11.5 Å². The number of sulfone groups is 1. The van der Waals surface area contributed by atoms with Crippen molar-refractivity contribution in [3.63, 3.8) is 0 Å². The van der Waals surface area contributed by atoms with Gasteiger partial charge in [0.15, 0.2) is 16.1 Å². The van der Waals surface area contributed by atoms with Crippen LogP contribution < -0.4 is 4.74 Å². The molecule has 21 heavy (non-hydrogen) atoms. The zero-order valence-corrected chi connectivity index (χ0v) is 12.6. The molecule has 0 aliphatic rings. The first-order valence-corrected chi connectivity index (χ1v) is 8.04. The van der Waals surface area contributed by atoms with Crippen LogP contribution in [-0.4, -0.2) is 30.9 Å². The Labute approximate surface area is 126 Å². The highest BCUT2D eigenvalue weighted by molar-refractivity contribution is 7.90. The predicted molar refractivity (Wildman–Crippen MR) is 76.3 cm³/mol. The van der Waals surface area contributed by atoms with Gasteiger partial charge in [-0.1, -0.05) is 11.6 Å². The average Bonchev–Trinajstić information content (AvgIpc) is 2.45. The number of carbonyl (C=O) groups is 1. The summed E-state index contributed by atoms with van der Waals surface area (Å²) in [6, 6.07) is 2.89. The molecule has 0 aliphatic carbocycles. The van der Waals surface area contributed by atoms with Gasteiger partial charge in [0.1, 0.15) is 6.61 Å². The Balaban J connectivity index is 2.19. The second-order valence-corrected chi connectivity index (χ2v) is 6.71. The molecule has 0 N–H and O–H groups in total. The molecule has 0 saturated carbocycles. The molecule has 0 aromatic carbocycles. The molecule has 0 radical (unpaired) electrons. The summed E-state index contributed by atoms with van der Waals surface area (Å²) >= 11 is 5.73. The molecule has 2 heterocycles. The van der Waals surface area contributed by atoms with E-state index >= 15 is 0 Å². The highest BCUT2D eigenvalue weighted by Crippen LogP contribution is 2.19. The van der Waals surface area contributed by atoms with Crippen molar-refractivity contribution in [1.29, 1.82) is 0 Å². The van der Waals surface area contributed by atoms with E-state index < -0.39 is 9.84 Å². The number of ether oxygens (including phenoxy) is 1. The van der Waals surface area contributed by atoms with Gasteiger partial charge in [0, 0.05) is 30.4 Å². The van der Waals surface area contributed by atoms with Crippen LogP contribution in [0.4, 0.5) is 0 Å². The van der Waals surface area contributed by atoms with Gasteiger partial charge in [-0.2, -0.15) is 0 Å². The van der Waals surface area contributed by atoms with Crippen molar-refractivity contribution in [3.8, 4) is 5.88 Å². The molecule has 8 heteroatoms. The molecule has 110 valence electrons. The van der Waals surface area contributed by atoms with Gasteiger partial charge in [-0.25, -0.2) is 13.4 Å². The van der Waals surface area contributed by atoms with E-state index in [-0.39, 0.29) is 22.9 Å². The fourth-order valence-corrected chi connectivity index (χ4v) is 2.33. The molecule has 0 unspecified atom stereocenters. The lowest BCUT2D eigenvalue weighted by Gasteiger charge is -2.08. The minimum absolute atomic E-state index is 0.0336. The third kappa shape index (κ3) is 3.99. The Morgan fingerprint density at radius 2 is 2.05 bits per heavy atom. The Hall–Kier alpha value is -1.99. The van der Waals surface area contributed by atoms with E-state index in [2.05, 4.69) is 9.97 Å². The van der Waals surface area contributed by atoms with Crippen LogP contribution in [0, 0.1) is 0 Å².